The van der Waals surface area contributed by atoms with Gasteiger partial charge in [-0.2, -0.15) is 12.7 Å². The zero-order valence-corrected chi connectivity index (χ0v) is 12.2. The van der Waals surface area contributed by atoms with E-state index in [-0.39, 0.29) is 5.69 Å². The number of anilines is 1. The highest BCUT2D eigenvalue weighted by molar-refractivity contribution is 7.90. The molecule has 108 valence electrons. The van der Waals surface area contributed by atoms with E-state index in [1.54, 1.807) is 13.0 Å². The predicted octanol–water partition coefficient (Wildman–Crippen LogP) is 1.33. The second-order valence-electron chi connectivity index (χ2n) is 4.40. The SMILES string of the molecule is CNCCCN(C)S(=O)(=O)Nc1cc(C)cc(F)c1. The fourth-order valence-electron chi connectivity index (χ4n) is 1.62. The molecule has 0 saturated heterocycles. The first kappa shape index (κ1) is 15.9. The van der Waals surface area contributed by atoms with Gasteiger partial charge in [0.05, 0.1) is 5.69 Å². The van der Waals surface area contributed by atoms with E-state index >= 15 is 0 Å². The second kappa shape index (κ2) is 6.83. The molecule has 2 N–H and O–H groups in total. The van der Waals surface area contributed by atoms with Gasteiger partial charge >= 0.3 is 10.2 Å². The summed E-state index contributed by atoms with van der Waals surface area (Å²) in [6.07, 6.45) is 0.704. The maximum Gasteiger partial charge on any atom is 0.301 e. The molecule has 1 aromatic rings. The zero-order valence-electron chi connectivity index (χ0n) is 11.4. The van der Waals surface area contributed by atoms with E-state index in [0.29, 0.717) is 18.5 Å². The summed E-state index contributed by atoms with van der Waals surface area (Å²) in [6.45, 7) is 2.83. The number of halogens is 1. The van der Waals surface area contributed by atoms with Crippen molar-refractivity contribution in [1.82, 2.24) is 9.62 Å². The van der Waals surface area contributed by atoms with Crippen LogP contribution in [-0.2, 0) is 10.2 Å². The Hall–Kier alpha value is -1.18. The molecule has 0 saturated carbocycles. The first-order valence-corrected chi connectivity index (χ1v) is 7.45. The standard InChI is InChI=1S/C12H20FN3O2S/c1-10-7-11(13)9-12(8-10)15-19(17,18)16(3)6-4-5-14-2/h7-9,14-15H,4-6H2,1-3H3. The Kier molecular flexibility index (Phi) is 5.71. The van der Waals surface area contributed by atoms with Gasteiger partial charge in [-0.25, -0.2) is 4.39 Å². The number of aryl methyl sites for hydroxylation is 1. The summed E-state index contributed by atoms with van der Waals surface area (Å²) in [5, 5.41) is 2.95. The van der Waals surface area contributed by atoms with Crippen molar-refractivity contribution in [2.45, 2.75) is 13.3 Å². The normalized spacial score (nSPS) is 11.8. The highest BCUT2D eigenvalue weighted by Gasteiger charge is 2.17. The molecule has 0 spiro atoms. The highest BCUT2D eigenvalue weighted by Crippen LogP contribution is 2.15. The first-order valence-electron chi connectivity index (χ1n) is 6.01. The monoisotopic (exact) mass is 289 g/mol. The Morgan fingerprint density at radius 2 is 2.00 bits per heavy atom. The fraction of sp³-hybridized carbons (Fsp3) is 0.500. The summed E-state index contributed by atoms with van der Waals surface area (Å²) in [6, 6.07) is 4.09. The maximum atomic E-state index is 13.2. The van der Waals surface area contributed by atoms with E-state index in [9.17, 15) is 12.8 Å². The van der Waals surface area contributed by atoms with Gasteiger partial charge < -0.3 is 5.32 Å². The third-order valence-electron chi connectivity index (χ3n) is 2.60. The number of hydrogen-bond donors (Lipinski definition) is 2. The van der Waals surface area contributed by atoms with Crippen LogP contribution in [0.3, 0.4) is 0 Å². The van der Waals surface area contributed by atoms with Gasteiger partial charge in [-0.05, 0) is 50.7 Å². The van der Waals surface area contributed by atoms with Crippen LogP contribution in [0.2, 0.25) is 0 Å². The molecule has 0 fully saturated rings. The van der Waals surface area contributed by atoms with Gasteiger partial charge in [0.2, 0.25) is 0 Å². The average Bonchev–Trinajstić information content (AvgIpc) is 2.26. The molecular weight excluding hydrogens is 269 g/mol. The lowest BCUT2D eigenvalue weighted by Gasteiger charge is -2.18. The Morgan fingerprint density at radius 1 is 1.32 bits per heavy atom. The van der Waals surface area contributed by atoms with E-state index in [4.69, 9.17) is 0 Å². The summed E-state index contributed by atoms with van der Waals surface area (Å²) >= 11 is 0. The summed E-state index contributed by atoms with van der Waals surface area (Å²) in [7, 11) is -0.340. The van der Waals surface area contributed by atoms with E-state index < -0.39 is 16.0 Å². The van der Waals surface area contributed by atoms with Crippen molar-refractivity contribution < 1.29 is 12.8 Å². The van der Waals surface area contributed by atoms with Crippen molar-refractivity contribution in [2.24, 2.45) is 0 Å². The number of hydrogen-bond acceptors (Lipinski definition) is 3. The molecule has 0 atom stereocenters. The Labute approximate surface area is 114 Å². The molecule has 1 rings (SSSR count). The molecular formula is C12H20FN3O2S. The second-order valence-corrected chi connectivity index (χ2v) is 6.18. The molecule has 1 aromatic carbocycles. The van der Waals surface area contributed by atoms with Gasteiger partial charge in [0, 0.05) is 13.6 Å². The Morgan fingerprint density at radius 3 is 2.58 bits per heavy atom. The topological polar surface area (TPSA) is 61.4 Å². The smallest absolute Gasteiger partial charge is 0.301 e. The van der Waals surface area contributed by atoms with Crippen LogP contribution >= 0.6 is 0 Å². The van der Waals surface area contributed by atoms with Crippen molar-refractivity contribution >= 4 is 15.9 Å². The summed E-state index contributed by atoms with van der Waals surface area (Å²) < 4.78 is 40.8. The third-order valence-corrected chi connectivity index (χ3v) is 4.10. The molecule has 0 aliphatic carbocycles. The number of nitrogens with zero attached hydrogens (tertiary/aromatic N) is 1. The van der Waals surface area contributed by atoms with Crippen molar-refractivity contribution in [3.05, 3.63) is 29.6 Å². The number of benzene rings is 1. The highest BCUT2D eigenvalue weighted by atomic mass is 32.2. The lowest BCUT2D eigenvalue weighted by molar-refractivity contribution is 0.462. The lowest BCUT2D eigenvalue weighted by Crippen LogP contribution is -2.34. The number of rotatable bonds is 7. The fourth-order valence-corrected chi connectivity index (χ4v) is 2.56. The van der Waals surface area contributed by atoms with Crippen LogP contribution in [0.25, 0.3) is 0 Å². The Balaban J connectivity index is 2.72. The molecule has 0 unspecified atom stereocenters. The van der Waals surface area contributed by atoms with Crippen molar-refractivity contribution in [3.8, 4) is 0 Å². The van der Waals surface area contributed by atoms with Gasteiger partial charge in [-0.1, -0.05) is 0 Å². The van der Waals surface area contributed by atoms with E-state index in [1.165, 1.54) is 17.4 Å². The van der Waals surface area contributed by atoms with Crippen LogP contribution in [0.1, 0.15) is 12.0 Å². The largest absolute Gasteiger partial charge is 0.320 e. The number of nitrogens with one attached hydrogen (secondary N) is 2. The van der Waals surface area contributed by atoms with Crippen molar-refractivity contribution in [2.75, 3.05) is 31.9 Å². The van der Waals surface area contributed by atoms with Gasteiger partial charge in [0.25, 0.3) is 0 Å². The molecule has 0 radical (unpaired) electrons. The quantitative estimate of drug-likeness (QED) is 0.745. The third kappa shape index (κ3) is 5.14. The van der Waals surface area contributed by atoms with Gasteiger partial charge in [0.1, 0.15) is 5.82 Å². The van der Waals surface area contributed by atoms with Crippen LogP contribution < -0.4 is 10.0 Å². The van der Waals surface area contributed by atoms with Gasteiger partial charge in [-0.3, -0.25) is 4.72 Å². The zero-order chi connectivity index (χ0) is 14.5. The molecule has 7 heteroatoms. The molecule has 0 aliphatic heterocycles. The van der Waals surface area contributed by atoms with Gasteiger partial charge in [-0.15, -0.1) is 0 Å². The minimum absolute atomic E-state index is 0.234. The summed E-state index contributed by atoms with van der Waals surface area (Å²) in [4.78, 5) is 0. The molecule has 5 nitrogen and oxygen atoms in total. The van der Waals surface area contributed by atoms with E-state index in [2.05, 4.69) is 10.0 Å². The predicted molar refractivity (Wildman–Crippen MR) is 74.9 cm³/mol. The maximum absolute atomic E-state index is 13.2. The van der Waals surface area contributed by atoms with E-state index in [1.807, 2.05) is 7.05 Å². The van der Waals surface area contributed by atoms with Crippen LogP contribution in [0.15, 0.2) is 18.2 Å². The molecule has 19 heavy (non-hydrogen) atoms. The lowest BCUT2D eigenvalue weighted by atomic mass is 10.2. The Bertz CT molecular complexity index is 499. The van der Waals surface area contributed by atoms with Crippen LogP contribution in [-0.4, -0.2) is 39.9 Å². The molecule has 0 bridgehead atoms. The minimum atomic E-state index is -3.64. The van der Waals surface area contributed by atoms with Crippen LogP contribution in [0.5, 0.6) is 0 Å². The summed E-state index contributed by atoms with van der Waals surface area (Å²) in [5.74, 6) is -0.462. The molecule has 0 aliphatic rings. The van der Waals surface area contributed by atoms with E-state index in [0.717, 1.165) is 12.6 Å². The molecule has 0 aromatic heterocycles. The molecule has 0 amide bonds. The van der Waals surface area contributed by atoms with Crippen molar-refractivity contribution in [1.29, 1.82) is 0 Å². The van der Waals surface area contributed by atoms with Crippen LogP contribution in [0, 0.1) is 12.7 Å². The molecule has 0 heterocycles. The van der Waals surface area contributed by atoms with Gasteiger partial charge in [0.15, 0.2) is 0 Å². The summed E-state index contributed by atoms with van der Waals surface area (Å²) in [5.41, 5.74) is 0.897. The van der Waals surface area contributed by atoms with Crippen molar-refractivity contribution in [3.63, 3.8) is 0 Å². The first-order chi connectivity index (χ1) is 8.85. The average molecular weight is 289 g/mol. The van der Waals surface area contributed by atoms with Crippen LogP contribution in [0.4, 0.5) is 10.1 Å². The minimum Gasteiger partial charge on any atom is -0.320 e.